The van der Waals surface area contributed by atoms with Crippen molar-refractivity contribution in [3.8, 4) is 22.9 Å². The van der Waals surface area contributed by atoms with Crippen molar-refractivity contribution in [1.29, 1.82) is 5.26 Å². The molecule has 0 saturated carbocycles. The lowest BCUT2D eigenvalue weighted by molar-refractivity contribution is 0.0987. The van der Waals surface area contributed by atoms with E-state index in [4.69, 9.17) is 10.00 Å². The first-order valence-electron chi connectivity index (χ1n) is 9.30. The first kappa shape index (κ1) is 19.2. The average Bonchev–Trinajstić information content (AvgIpc) is 2.76. The molecule has 0 spiro atoms. The molecule has 0 fully saturated rings. The van der Waals surface area contributed by atoms with Gasteiger partial charge in [-0.1, -0.05) is 42.5 Å². The highest BCUT2D eigenvalue weighted by Crippen LogP contribution is 2.24. The van der Waals surface area contributed by atoms with Gasteiger partial charge >= 0.3 is 0 Å². The Morgan fingerprint density at radius 1 is 0.929 bits per heavy atom. The minimum atomic E-state index is -0.126. The average molecular weight is 370 g/mol. The van der Waals surface area contributed by atoms with Gasteiger partial charge in [-0.3, -0.25) is 4.79 Å². The van der Waals surface area contributed by atoms with E-state index in [1.807, 2.05) is 85.8 Å². The predicted molar refractivity (Wildman–Crippen MR) is 111 cm³/mol. The molecule has 0 heterocycles. The van der Waals surface area contributed by atoms with E-state index < -0.39 is 0 Å². The van der Waals surface area contributed by atoms with Crippen molar-refractivity contribution in [2.75, 3.05) is 18.1 Å². The van der Waals surface area contributed by atoms with Crippen LogP contribution >= 0.6 is 0 Å². The van der Waals surface area contributed by atoms with E-state index in [1.54, 1.807) is 4.90 Å². The molecule has 0 radical (unpaired) electrons. The molecular weight excluding hydrogens is 348 g/mol. The fraction of sp³-hybridized carbons (Fsp3) is 0.167. The molecule has 0 aliphatic rings. The summed E-state index contributed by atoms with van der Waals surface area (Å²) in [5.74, 6) is 0.630. The fourth-order valence-corrected chi connectivity index (χ4v) is 2.99. The second-order valence-electron chi connectivity index (χ2n) is 6.24. The summed E-state index contributed by atoms with van der Waals surface area (Å²) < 4.78 is 5.47. The molecule has 0 N–H and O–H groups in total. The van der Waals surface area contributed by atoms with Gasteiger partial charge in [-0.05, 0) is 54.4 Å². The van der Waals surface area contributed by atoms with Crippen LogP contribution in [-0.2, 0) is 0 Å². The minimum Gasteiger partial charge on any atom is -0.494 e. The number of hydrogen-bond acceptors (Lipinski definition) is 3. The lowest BCUT2D eigenvalue weighted by Crippen LogP contribution is -2.31. The van der Waals surface area contributed by atoms with Crippen LogP contribution in [-0.4, -0.2) is 19.1 Å². The van der Waals surface area contributed by atoms with Crippen molar-refractivity contribution in [1.82, 2.24) is 0 Å². The first-order valence-corrected chi connectivity index (χ1v) is 9.30. The quantitative estimate of drug-likeness (QED) is 0.566. The number of anilines is 1. The summed E-state index contributed by atoms with van der Waals surface area (Å²) in [5, 5.41) is 8.98. The number of amides is 1. The molecule has 4 heteroatoms. The number of benzene rings is 3. The fourth-order valence-electron chi connectivity index (χ4n) is 2.99. The lowest BCUT2D eigenvalue weighted by atomic mass is 10.0. The van der Waals surface area contributed by atoms with Gasteiger partial charge in [-0.2, -0.15) is 5.26 Å². The Kier molecular flexibility index (Phi) is 6.43. The Morgan fingerprint density at radius 2 is 1.57 bits per heavy atom. The molecule has 3 aromatic rings. The van der Waals surface area contributed by atoms with E-state index in [1.165, 1.54) is 0 Å². The summed E-state index contributed by atoms with van der Waals surface area (Å²) in [6, 6.07) is 27.1. The standard InChI is InChI=1S/C24H22N2O2/c1-2-28-23-15-13-22(14-16-23)26(18-6-17-25)24(27)21-11-9-20(10-12-21)19-7-4-3-5-8-19/h3-5,7-16H,2,6,18H2,1H3. The Bertz CT molecular complexity index is 943. The summed E-state index contributed by atoms with van der Waals surface area (Å²) >= 11 is 0. The zero-order valence-electron chi connectivity index (χ0n) is 15.8. The molecule has 3 rings (SSSR count). The highest BCUT2D eigenvalue weighted by Gasteiger charge is 2.17. The normalized spacial score (nSPS) is 10.1. The monoisotopic (exact) mass is 370 g/mol. The Labute approximate surface area is 165 Å². The van der Waals surface area contributed by atoms with Crippen LogP contribution in [0.15, 0.2) is 78.9 Å². The molecule has 0 aliphatic carbocycles. The van der Waals surface area contributed by atoms with Gasteiger partial charge in [0.1, 0.15) is 5.75 Å². The molecule has 4 nitrogen and oxygen atoms in total. The number of carbonyl (C=O) groups is 1. The molecule has 0 aliphatic heterocycles. The van der Waals surface area contributed by atoms with E-state index in [9.17, 15) is 4.79 Å². The van der Waals surface area contributed by atoms with Gasteiger partial charge in [0.2, 0.25) is 0 Å². The van der Waals surface area contributed by atoms with E-state index in [-0.39, 0.29) is 12.3 Å². The molecule has 28 heavy (non-hydrogen) atoms. The number of carbonyl (C=O) groups excluding carboxylic acids is 1. The molecular formula is C24H22N2O2. The molecule has 140 valence electrons. The molecule has 0 saturated heterocycles. The molecule has 0 unspecified atom stereocenters. The smallest absolute Gasteiger partial charge is 0.258 e. The third-order valence-corrected chi connectivity index (χ3v) is 4.39. The predicted octanol–water partition coefficient (Wildman–Crippen LogP) is 5.31. The molecule has 0 aromatic heterocycles. The number of ether oxygens (including phenoxy) is 1. The summed E-state index contributed by atoms with van der Waals surface area (Å²) in [4.78, 5) is 14.7. The number of nitrogens with zero attached hydrogens (tertiary/aromatic N) is 2. The number of hydrogen-bond donors (Lipinski definition) is 0. The second kappa shape index (κ2) is 9.38. The first-order chi connectivity index (χ1) is 13.7. The third-order valence-electron chi connectivity index (χ3n) is 4.39. The van der Waals surface area contributed by atoms with Gasteiger partial charge in [0, 0.05) is 17.8 Å². The van der Waals surface area contributed by atoms with Crippen LogP contribution in [0.5, 0.6) is 5.75 Å². The van der Waals surface area contributed by atoms with E-state index in [0.717, 1.165) is 22.6 Å². The Hall–Kier alpha value is -3.58. The van der Waals surface area contributed by atoms with Gasteiger partial charge in [-0.15, -0.1) is 0 Å². The van der Waals surface area contributed by atoms with Crippen LogP contribution < -0.4 is 9.64 Å². The maximum absolute atomic E-state index is 13.1. The van der Waals surface area contributed by atoms with Crippen molar-refractivity contribution >= 4 is 11.6 Å². The van der Waals surface area contributed by atoms with Crippen LogP contribution in [0.2, 0.25) is 0 Å². The molecule has 3 aromatic carbocycles. The van der Waals surface area contributed by atoms with Crippen LogP contribution in [0, 0.1) is 11.3 Å². The van der Waals surface area contributed by atoms with E-state index in [0.29, 0.717) is 18.7 Å². The van der Waals surface area contributed by atoms with E-state index in [2.05, 4.69) is 6.07 Å². The highest BCUT2D eigenvalue weighted by atomic mass is 16.5. The van der Waals surface area contributed by atoms with Gasteiger partial charge in [-0.25, -0.2) is 0 Å². The van der Waals surface area contributed by atoms with Gasteiger partial charge in [0.15, 0.2) is 0 Å². The summed E-state index contributed by atoms with van der Waals surface area (Å²) in [6.07, 6.45) is 0.265. The number of nitriles is 1. The van der Waals surface area contributed by atoms with Crippen molar-refractivity contribution in [3.63, 3.8) is 0 Å². The van der Waals surface area contributed by atoms with E-state index >= 15 is 0 Å². The van der Waals surface area contributed by atoms with Crippen molar-refractivity contribution < 1.29 is 9.53 Å². The van der Waals surface area contributed by atoms with Gasteiger partial charge < -0.3 is 9.64 Å². The van der Waals surface area contributed by atoms with Crippen LogP contribution in [0.4, 0.5) is 5.69 Å². The van der Waals surface area contributed by atoms with Crippen LogP contribution in [0.3, 0.4) is 0 Å². The summed E-state index contributed by atoms with van der Waals surface area (Å²) in [6.45, 7) is 2.85. The number of rotatable bonds is 7. The molecule has 0 atom stereocenters. The highest BCUT2D eigenvalue weighted by molar-refractivity contribution is 6.06. The Morgan fingerprint density at radius 3 is 2.18 bits per heavy atom. The maximum Gasteiger partial charge on any atom is 0.258 e. The third kappa shape index (κ3) is 4.57. The Balaban J connectivity index is 1.84. The topological polar surface area (TPSA) is 53.3 Å². The molecule has 0 bridgehead atoms. The SMILES string of the molecule is CCOc1ccc(N(CCC#N)C(=O)c2ccc(-c3ccccc3)cc2)cc1. The summed E-state index contributed by atoms with van der Waals surface area (Å²) in [7, 11) is 0. The second-order valence-corrected chi connectivity index (χ2v) is 6.24. The van der Waals surface area contributed by atoms with Crippen LogP contribution in [0.25, 0.3) is 11.1 Å². The van der Waals surface area contributed by atoms with Crippen molar-refractivity contribution in [3.05, 3.63) is 84.4 Å². The maximum atomic E-state index is 13.1. The zero-order valence-corrected chi connectivity index (χ0v) is 15.8. The lowest BCUT2D eigenvalue weighted by Gasteiger charge is -2.22. The van der Waals surface area contributed by atoms with Crippen LogP contribution in [0.1, 0.15) is 23.7 Å². The largest absolute Gasteiger partial charge is 0.494 e. The minimum absolute atomic E-state index is 0.126. The molecule has 1 amide bonds. The van der Waals surface area contributed by atoms with Crippen molar-refractivity contribution in [2.45, 2.75) is 13.3 Å². The van der Waals surface area contributed by atoms with Gasteiger partial charge in [0.05, 0.1) is 19.1 Å². The zero-order chi connectivity index (χ0) is 19.8. The van der Waals surface area contributed by atoms with Gasteiger partial charge in [0.25, 0.3) is 5.91 Å². The van der Waals surface area contributed by atoms with Crippen molar-refractivity contribution in [2.24, 2.45) is 0 Å². The summed E-state index contributed by atoms with van der Waals surface area (Å²) in [5.41, 5.74) is 3.50.